The monoisotopic (exact) mass is 551 g/mol. The zero-order valence-electron chi connectivity index (χ0n) is 19.1. The van der Waals surface area contributed by atoms with Crippen molar-refractivity contribution < 1.29 is 18.0 Å². The third-order valence-corrected chi connectivity index (χ3v) is 9.26. The highest BCUT2D eigenvalue weighted by molar-refractivity contribution is 8.14. The molecular weight excluding hydrogens is 529 g/mol. The number of hydrogen-bond acceptors (Lipinski definition) is 6. The van der Waals surface area contributed by atoms with Gasteiger partial charge >= 0.3 is 0 Å². The van der Waals surface area contributed by atoms with Crippen LogP contribution < -0.4 is 4.90 Å². The van der Waals surface area contributed by atoms with Gasteiger partial charge in [-0.15, -0.1) is 0 Å². The summed E-state index contributed by atoms with van der Waals surface area (Å²) in [5.41, 5.74) is 2.54. The second-order valence-corrected chi connectivity index (χ2v) is 12.4. The summed E-state index contributed by atoms with van der Waals surface area (Å²) in [6, 6.07) is 12.1. The minimum atomic E-state index is -3.11. The van der Waals surface area contributed by atoms with Crippen LogP contribution in [0.1, 0.15) is 17.5 Å². The van der Waals surface area contributed by atoms with Gasteiger partial charge in [0.15, 0.2) is 15.0 Å². The van der Waals surface area contributed by atoms with Crippen molar-refractivity contribution in [1.82, 2.24) is 4.90 Å². The summed E-state index contributed by atoms with van der Waals surface area (Å²) in [5.74, 6) is -0.469. The van der Waals surface area contributed by atoms with Crippen molar-refractivity contribution in [3.8, 4) is 0 Å². The van der Waals surface area contributed by atoms with E-state index in [9.17, 15) is 18.0 Å². The Balaban J connectivity index is 1.58. The van der Waals surface area contributed by atoms with Crippen LogP contribution in [0.15, 0.2) is 53.2 Å². The van der Waals surface area contributed by atoms with Gasteiger partial charge in [-0.25, -0.2) is 13.4 Å². The number of anilines is 1. The number of aryl methyl sites for hydroxylation is 1. The van der Waals surface area contributed by atoms with Crippen LogP contribution in [0.4, 0.5) is 5.69 Å². The summed E-state index contributed by atoms with van der Waals surface area (Å²) in [6.45, 7) is 1.95. The molecule has 1 fully saturated rings. The van der Waals surface area contributed by atoms with Crippen LogP contribution in [0.25, 0.3) is 6.08 Å². The first-order valence-corrected chi connectivity index (χ1v) is 14.4. The maximum absolute atomic E-state index is 13.3. The molecule has 2 aromatic carbocycles. The van der Waals surface area contributed by atoms with Crippen molar-refractivity contribution >= 4 is 73.5 Å². The number of rotatable bonds is 5. The Labute approximate surface area is 218 Å². The molecule has 0 spiro atoms. The first kappa shape index (κ1) is 25.8. The van der Waals surface area contributed by atoms with E-state index in [1.165, 1.54) is 9.80 Å². The molecule has 1 atom stereocenters. The van der Waals surface area contributed by atoms with Gasteiger partial charge in [0.2, 0.25) is 5.91 Å². The molecule has 2 aromatic rings. The third-order valence-electron chi connectivity index (χ3n) is 5.84. The third kappa shape index (κ3) is 5.91. The van der Waals surface area contributed by atoms with Gasteiger partial charge in [0.25, 0.3) is 5.91 Å². The number of benzene rings is 2. The molecule has 0 aliphatic carbocycles. The molecule has 1 saturated heterocycles. The fraction of sp³-hybridized carbons (Fsp3) is 0.292. The second-order valence-electron chi connectivity index (χ2n) is 8.42. The van der Waals surface area contributed by atoms with E-state index in [0.717, 1.165) is 17.3 Å². The Morgan fingerprint density at radius 1 is 1.20 bits per heavy atom. The van der Waals surface area contributed by atoms with Crippen molar-refractivity contribution in [3.63, 3.8) is 0 Å². The minimum Gasteiger partial charge on any atom is -0.341 e. The molecule has 2 aliphatic rings. The maximum atomic E-state index is 13.3. The predicted molar refractivity (Wildman–Crippen MR) is 143 cm³/mol. The minimum absolute atomic E-state index is 0.0155. The molecule has 0 unspecified atom stereocenters. The zero-order valence-corrected chi connectivity index (χ0v) is 22.2. The summed E-state index contributed by atoms with van der Waals surface area (Å²) >= 11 is 13.2. The van der Waals surface area contributed by atoms with Crippen LogP contribution in [-0.4, -0.2) is 60.6 Å². The quantitative estimate of drug-likeness (QED) is 0.513. The van der Waals surface area contributed by atoms with Crippen molar-refractivity contribution in [3.05, 3.63) is 69.3 Å². The van der Waals surface area contributed by atoms with Crippen LogP contribution in [0.5, 0.6) is 0 Å². The summed E-state index contributed by atoms with van der Waals surface area (Å²) in [6.07, 6.45) is 2.05. The van der Waals surface area contributed by atoms with E-state index in [1.807, 2.05) is 31.2 Å². The Morgan fingerprint density at radius 3 is 2.54 bits per heavy atom. The molecule has 2 heterocycles. The average Bonchev–Trinajstić information content (AvgIpc) is 3.33. The lowest BCUT2D eigenvalue weighted by atomic mass is 10.2. The molecule has 2 aliphatic heterocycles. The van der Waals surface area contributed by atoms with Gasteiger partial charge in [-0.1, -0.05) is 58.7 Å². The van der Waals surface area contributed by atoms with E-state index >= 15 is 0 Å². The predicted octanol–water partition coefficient (Wildman–Crippen LogP) is 4.42. The smallest absolute Gasteiger partial charge is 0.283 e. The van der Waals surface area contributed by atoms with Gasteiger partial charge in [-0.2, -0.15) is 0 Å². The van der Waals surface area contributed by atoms with Gasteiger partial charge in [0.05, 0.1) is 33.0 Å². The zero-order chi connectivity index (χ0) is 25.3. The lowest BCUT2D eigenvalue weighted by Gasteiger charge is -2.24. The highest BCUT2D eigenvalue weighted by atomic mass is 35.5. The van der Waals surface area contributed by atoms with Gasteiger partial charge in [-0.05, 0) is 49.2 Å². The topological polar surface area (TPSA) is 87.1 Å². The number of aliphatic imine (C=N–C) groups is 1. The molecule has 35 heavy (non-hydrogen) atoms. The summed E-state index contributed by atoms with van der Waals surface area (Å²) in [7, 11) is -1.49. The molecular formula is C24H23Cl2N3O4S2. The molecule has 7 nitrogen and oxygen atoms in total. The van der Waals surface area contributed by atoms with E-state index in [-0.39, 0.29) is 40.8 Å². The van der Waals surface area contributed by atoms with Gasteiger partial charge < -0.3 is 4.90 Å². The second kappa shape index (κ2) is 10.3. The average molecular weight is 553 g/mol. The van der Waals surface area contributed by atoms with Gasteiger partial charge in [0.1, 0.15) is 5.70 Å². The summed E-state index contributed by atoms with van der Waals surface area (Å²) in [4.78, 5) is 33.6. The fourth-order valence-electron chi connectivity index (χ4n) is 3.79. The van der Waals surface area contributed by atoms with Crippen molar-refractivity contribution in [2.24, 2.45) is 4.99 Å². The van der Waals surface area contributed by atoms with Gasteiger partial charge in [-0.3, -0.25) is 14.5 Å². The number of sulfone groups is 1. The fourth-order valence-corrected chi connectivity index (χ4v) is 6.80. The van der Waals surface area contributed by atoms with Crippen LogP contribution in [0.3, 0.4) is 0 Å². The Hall–Kier alpha value is -2.33. The van der Waals surface area contributed by atoms with E-state index in [0.29, 0.717) is 32.9 Å². The van der Waals surface area contributed by atoms with E-state index in [1.54, 1.807) is 31.3 Å². The Kier molecular flexibility index (Phi) is 7.61. The van der Waals surface area contributed by atoms with Crippen molar-refractivity contribution in [1.29, 1.82) is 0 Å². The largest absolute Gasteiger partial charge is 0.341 e. The number of amidine groups is 1. The molecule has 0 N–H and O–H groups in total. The van der Waals surface area contributed by atoms with Crippen molar-refractivity contribution in [2.45, 2.75) is 19.4 Å². The molecule has 0 aromatic heterocycles. The first-order valence-electron chi connectivity index (χ1n) is 10.8. The first-order chi connectivity index (χ1) is 16.5. The van der Waals surface area contributed by atoms with E-state index in [2.05, 4.69) is 4.99 Å². The standard InChI is InChI=1S/C24H23Cl2N3O4S2/c1-15-3-6-17(7-4-15)29-23(31)21(12-16-5-8-19(25)20(26)11-16)27-24(29)34-13-22(30)28(2)18-9-10-35(32,33)14-18/h3-8,11-12,18H,9-10,13-14H2,1-2H3/b21-12+/t18-/m0/s1. The Morgan fingerprint density at radius 2 is 1.91 bits per heavy atom. The summed E-state index contributed by atoms with van der Waals surface area (Å²) < 4.78 is 23.6. The molecule has 11 heteroatoms. The lowest BCUT2D eigenvalue weighted by molar-refractivity contribution is -0.128. The highest BCUT2D eigenvalue weighted by Gasteiger charge is 2.35. The Bertz CT molecular complexity index is 1340. The molecule has 184 valence electrons. The molecule has 0 saturated carbocycles. The van der Waals surface area contributed by atoms with Crippen LogP contribution in [-0.2, 0) is 19.4 Å². The number of carbonyl (C=O) groups excluding carboxylic acids is 2. The molecule has 4 rings (SSSR count). The number of thioether (sulfide) groups is 1. The van der Waals surface area contributed by atoms with Gasteiger partial charge in [0, 0.05) is 13.1 Å². The molecule has 0 bridgehead atoms. The van der Waals surface area contributed by atoms with Crippen LogP contribution in [0, 0.1) is 6.92 Å². The number of nitrogens with zero attached hydrogens (tertiary/aromatic N) is 3. The van der Waals surface area contributed by atoms with E-state index in [4.69, 9.17) is 23.2 Å². The lowest BCUT2D eigenvalue weighted by Crippen LogP contribution is -2.39. The number of halogens is 2. The summed E-state index contributed by atoms with van der Waals surface area (Å²) in [5, 5.41) is 1.14. The maximum Gasteiger partial charge on any atom is 0.283 e. The number of carbonyl (C=O) groups is 2. The van der Waals surface area contributed by atoms with Crippen LogP contribution >= 0.6 is 35.0 Å². The highest BCUT2D eigenvalue weighted by Crippen LogP contribution is 2.31. The number of amides is 2. The number of hydrogen-bond donors (Lipinski definition) is 0. The van der Waals surface area contributed by atoms with E-state index < -0.39 is 9.84 Å². The molecule has 2 amide bonds. The van der Waals surface area contributed by atoms with Crippen molar-refractivity contribution in [2.75, 3.05) is 29.2 Å². The molecule has 0 radical (unpaired) electrons. The van der Waals surface area contributed by atoms with Crippen LogP contribution in [0.2, 0.25) is 10.0 Å². The SMILES string of the molecule is Cc1ccc(N2C(=O)/C(=C\c3ccc(Cl)c(Cl)c3)N=C2SCC(=O)N(C)[C@H]2CCS(=O)(=O)C2)cc1. The normalized spacial score (nSPS) is 20.4.